The van der Waals surface area contributed by atoms with Crippen LogP contribution >= 0.6 is 15.9 Å². The highest BCUT2D eigenvalue weighted by Gasteiger charge is 2.39. The van der Waals surface area contributed by atoms with Crippen LogP contribution in [0.4, 0.5) is 5.82 Å². The Kier molecular flexibility index (Phi) is 2.76. The first-order chi connectivity index (χ1) is 9.35. The zero-order valence-corrected chi connectivity index (χ0v) is 12.4. The average molecular weight is 317 g/mol. The van der Waals surface area contributed by atoms with Crippen LogP contribution in [0.5, 0.6) is 0 Å². The first kappa shape index (κ1) is 11.7. The maximum atomic E-state index is 4.94. The molecule has 19 heavy (non-hydrogen) atoms. The third-order valence-corrected chi connectivity index (χ3v) is 5.21. The van der Waals surface area contributed by atoms with E-state index in [0.29, 0.717) is 0 Å². The number of nitrogens with zero attached hydrogens (tertiary/aromatic N) is 2. The second-order valence-corrected chi connectivity index (χ2v) is 6.34. The number of rotatable bonds is 2. The minimum Gasteiger partial charge on any atom is -0.353 e. The molecule has 1 aliphatic heterocycles. The van der Waals surface area contributed by atoms with Crippen molar-refractivity contribution in [2.45, 2.75) is 30.6 Å². The Labute approximate surface area is 122 Å². The summed E-state index contributed by atoms with van der Waals surface area (Å²) in [6, 6.07) is 11.4. The molecular weight excluding hydrogens is 300 g/mol. The minimum absolute atomic E-state index is 0.733. The Hall–Kier alpha value is -1.09. The summed E-state index contributed by atoms with van der Waals surface area (Å²) in [6.45, 7) is 1.20. The van der Waals surface area contributed by atoms with Crippen molar-refractivity contribution in [3.8, 4) is 0 Å². The fourth-order valence-electron chi connectivity index (χ4n) is 3.68. The van der Waals surface area contributed by atoms with Crippen molar-refractivity contribution in [1.82, 2.24) is 4.98 Å². The number of piperidine rings is 1. The number of hydrogen-bond acceptors (Lipinski definition) is 2. The van der Waals surface area contributed by atoms with Crippen LogP contribution < -0.4 is 4.90 Å². The standard InChI is InChI=1S/C16H17BrN2/c17-9-13-8-12-3-1-2-4-15(12)18-16(13)19-10-11-5-6-14(19)7-11/h1-4,8,11,14H,5-7,9-10H2. The van der Waals surface area contributed by atoms with Gasteiger partial charge in [-0.15, -0.1) is 0 Å². The van der Waals surface area contributed by atoms with Gasteiger partial charge in [0.25, 0.3) is 0 Å². The molecule has 2 atom stereocenters. The number of para-hydroxylation sites is 1. The summed E-state index contributed by atoms with van der Waals surface area (Å²) >= 11 is 3.63. The monoisotopic (exact) mass is 316 g/mol. The number of anilines is 1. The quantitative estimate of drug-likeness (QED) is 0.775. The highest BCUT2D eigenvalue weighted by Crippen LogP contribution is 2.41. The number of aromatic nitrogens is 1. The van der Waals surface area contributed by atoms with Gasteiger partial charge in [0.15, 0.2) is 0 Å². The molecule has 0 radical (unpaired) electrons. The van der Waals surface area contributed by atoms with Gasteiger partial charge in [-0.3, -0.25) is 0 Å². The van der Waals surface area contributed by atoms with E-state index in [1.807, 2.05) is 0 Å². The molecule has 2 heterocycles. The van der Waals surface area contributed by atoms with Crippen LogP contribution in [0, 0.1) is 5.92 Å². The molecule has 2 fully saturated rings. The molecule has 1 aliphatic carbocycles. The van der Waals surface area contributed by atoms with Gasteiger partial charge >= 0.3 is 0 Å². The van der Waals surface area contributed by atoms with Crippen LogP contribution in [0.15, 0.2) is 30.3 Å². The van der Waals surface area contributed by atoms with Crippen molar-refractivity contribution in [3.05, 3.63) is 35.9 Å². The van der Waals surface area contributed by atoms with E-state index < -0.39 is 0 Å². The van der Waals surface area contributed by atoms with Crippen molar-refractivity contribution in [3.63, 3.8) is 0 Å². The highest BCUT2D eigenvalue weighted by atomic mass is 79.9. The summed E-state index contributed by atoms with van der Waals surface area (Å²) in [6.07, 6.45) is 4.13. The van der Waals surface area contributed by atoms with E-state index >= 15 is 0 Å². The van der Waals surface area contributed by atoms with E-state index in [-0.39, 0.29) is 0 Å². The van der Waals surface area contributed by atoms with Crippen LogP contribution in [-0.4, -0.2) is 17.6 Å². The van der Waals surface area contributed by atoms with E-state index in [2.05, 4.69) is 51.2 Å². The number of fused-ring (bicyclic) bond motifs is 3. The van der Waals surface area contributed by atoms with Crippen molar-refractivity contribution in [1.29, 1.82) is 0 Å². The first-order valence-electron chi connectivity index (χ1n) is 7.06. The summed E-state index contributed by atoms with van der Waals surface area (Å²) in [7, 11) is 0. The Bertz CT molecular complexity index is 625. The second-order valence-electron chi connectivity index (χ2n) is 5.78. The van der Waals surface area contributed by atoms with Gasteiger partial charge in [0.2, 0.25) is 0 Å². The largest absolute Gasteiger partial charge is 0.353 e. The van der Waals surface area contributed by atoms with Crippen molar-refractivity contribution in [2.75, 3.05) is 11.4 Å². The zero-order chi connectivity index (χ0) is 12.8. The number of alkyl halides is 1. The minimum atomic E-state index is 0.733. The predicted molar refractivity (Wildman–Crippen MR) is 82.8 cm³/mol. The number of benzene rings is 1. The lowest BCUT2D eigenvalue weighted by Gasteiger charge is -2.29. The Balaban J connectivity index is 1.83. The van der Waals surface area contributed by atoms with Crippen LogP contribution in [0.3, 0.4) is 0 Å². The van der Waals surface area contributed by atoms with Gasteiger partial charge in [-0.1, -0.05) is 34.1 Å². The van der Waals surface area contributed by atoms with Gasteiger partial charge < -0.3 is 4.90 Å². The predicted octanol–water partition coefficient (Wildman–Crippen LogP) is 4.12. The molecule has 1 aromatic carbocycles. The summed E-state index contributed by atoms with van der Waals surface area (Å²) in [4.78, 5) is 7.50. The molecular formula is C16H17BrN2. The van der Waals surface area contributed by atoms with Crippen LogP contribution in [0.1, 0.15) is 24.8 Å². The van der Waals surface area contributed by atoms with Crippen LogP contribution in [0.2, 0.25) is 0 Å². The molecule has 0 N–H and O–H groups in total. The molecule has 1 saturated heterocycles. The van der Waals surface area contributed by atoms with Gasteiger partial charge in [-0.2, -0.15) is 0 Å². The van der Waals surface area contributed by atoms with Crippen molar-refractivity contribution >= 4 is 32.7 Å². The lowest BCUT2D eigenvalue weighted by Crippen LogP contribution is -2.33. The molecule has 2 aromatic rings. The maximum Gasteiger partial charge on any atom is 0.133 e. The molecule has 0 spiro atoms. The number of halogens is 1. The van der Waals surface area contributed by atoms with E-state index in [4.69, 9.17) is 4.98 Å². The van der Waals surface area contributed by atoms with Gasteiger partial charge in [0.05, 0.1) is 5.52 Å². The van der Waals surface area contributed by atoms with Crippen molar-refractivity contribution in [2.24, 2.45) is 5.92 Å². The normalized spacial score (nSPS) is 25.4. The summed E-state index contributed by atoms with van der Waals surface area (Å²) in [5.74, 6) is 2.12. The van der Waals surface area contributed by atoms with Crippen molar-refractivity contribution < 1.29 is 0 Å². The summed E-state index contributed by atoms with van der Waals surface area (Å²) in [5, 5.41) is 2.12. The first-order valence-corrected chi connectivity index (χ1v) is 8.18. The van der Waals surface area contributed by atoms with Gasteiger partial charge in [0.1, 0.15) is 5.82 Å². The number of hydrogen-bond donors (Lipinski definition) is 0. The smallest absolute Gasteiger partial charge is 0.133 e. The maximum absolute atomic E-state index is 4.94. The van der Waals surface area contributed by atoms with E-state index in [0.717, 1.165) is 22.8 Å². The Morgan fingerprint density at radius 2 is 2.16 bits per heavy atom. The third kappa shape index (κ3) is 1.86. The Morgan fingerprint density at radius 3 is 2.89 bits per heavy atom. The molecule has 0 amide bonds. The molecule has 3 heteroatoms. The second kappa shape index (κ2) is 4.48. The lowest BCUT2D eigenvalue weighted by molar-refractivity contribution is 0.550. The fraction of sp³-hybridized carbons (Fsp3) is 0.438. The zero-order valence-electron chi connectivity index (χ0n) is 10.8. The summed E-state index contributed by atoms with van der Waals surface area (Å²) in [5.41, 5.74) is 2.44. The van der Waals surface area contributed by atoms with E-state index in [1.54, 1.807) is 0 Å². The molecule has 2 bridgehead atoms. The van der Waals surface area contributed by atoms with Crippen LogP contribution in [-0.2, 0) is 5.33 Å². The molecule has 1 aromatic heterocycles. The van der Waals surface area contributed by atoms with Gasteiger partial charge in [-0.05, 0) is 37.3 Å². The average Bonchev–Trinajstić information content (AvgIpc) is 3.08. The van der Waals surface area contributed by atoms with Gasteiger partial charge in [-0.25, -0.2) is 4.98 Å². The molecule has 2 unspecified atom stereocenters. The van der Waals surface area contributed by atoms with E-state index in [1.165, 1.54) is 42.6 Å². The molecule has 1 saturated carbocycles. The SMILES string of the molecule is BrCc1cc2ccccc2nc1N1CC2CCC1C2. The number of pyridine rings is 1. The lowest BCUT2D eigenvalue weighted by atomic mass is 10.1. The molecule has 2 aliphatic rings. The third-order valence-electron chi connectivity index (χ3n) is 4.61. The van der Waals surface area contributed by atoms with Gasteiger partial charge in [0, 0.05) is 28.9 Å². The van der Waals surface area contributed by atoms with E-state index in [9.17, 15) is 0 Å². The highest BCUT2D eigenvalue weighted by molar-refractivity contribution is 9.08. The topological polar surface area (TPSA) is 16.1 Å². The molecule has 2 nitrogen and oxygen atoms in total. The Morgan fingerprint density at radius 1 is 1.26 bits per heavy atom. The molecule has 4 rings (SSSR count). The molecule has 98 valence electrons. The van der Waals surface area contributed by atoms with Crippen LogP contribution in [0.25, 0.3) is 10.9 Å². The fourth-order valence-corrected chi connectivity index (χ4v) is 4.09. The summed E-state index contributed by atoms with van der Waals surface area (Å²) < 4.78 is 0.